The van der Waals surface area contributed by atoms with E-state index < -0.39 is 5.97 Å². The Morgan fingerprint density at radius 3 is 2.73 bits per heavy atom. The first-order chi connectivity index (χ1) is 12.4. The average molecular weight is 381 g/mol. The number of carbonyl (C=O) groups excluding carboxylic acids is 1. The molecule has 2 aliphatic carbocycles. The summed E-state index contributed by atoms with van der Waals surface area (Å²) in [7, 11) is 0. The number of nitrogens with zero attached hydrogens (tertiary/aromatic N) is 1. The van der Waals surface area contributed by atoms with Crippen LogP contribution in [0.4, 0.5) is 0 Å². The van der Waals surface area contributed by atoms with Crippen LogP contribution in [0.2, 0.25) is 5.02 Å². The zero-order valence-corrected chi connectivity index (χ0v) is 15.7. The molecule has 26 heavy (non-hydrogen) atoms. The van der Waals surface area contributed by atoms with Gasteiger partial charge in [-0.3, -0.25) is 14.5 Å². The Bertz CT molecular complexity index is 672. The molecular weight excluding hydrogens is 356 g/mol. The van der Waals surface area contributed by atoms with Crippen LogP contribution in [0.15, 0.2) is 18.2 Å². The van der Waals surface area contributed by atoms with Gasteiger partial charge < -0.3 is 15.2 Å². The second kappa shape index (κ2) is 8.27. The van der Waals surface area contributed by atoms with Gasteiger partial charge in [-0.05, 0) is 50.7 Å². The van der Waals surface area contributed by atoms with Gasteiger partial charge in [-0.1, -0.05) is 17.7 Å². The number of aliphatic carboxylic acids is 1. The van der Waals surface area contributed by atoms with Crippen molar-refractivity contribution >= 4 is 23.5 Å². The Morgan fingerprint density at radius 1 is 1.35 bits per heavy atom. The molecular formula is C19H25ClN2O4. The highest BCUT2D eigenvalue weighted by atomic mass is 35.5. The van der Waals surface area contributed by atoms with Crippen LogP contribution in [0, 0.1) is 12.8 Å². The lowest BCUT2D eigenvalue weighted by atomic mass is 9.85. The predicted octanol–water partition coefficient (Wildman–Crippen LogP) is 2.47. The maximum Gasteiger partial charge on any atom is 0.317 e. The number of carbonyl (C=O) groups is 2. The quantitative estimate of drug-likeness (QED) is 0.688. The Morgan fingerprint density at radius 2 is 2.08 bits per heavy atom. The number of nitrogens with one attached hydrogen (secondary N) is 1. The molecule has 2 aliphatic rings. The molecule has 1 amide bonds. The molecule has 0 unspecified atom stereocenters. The van der Waals surface area contributed by atoms with Gasteiger partial charge in [0.25, 0.3) is 5.91 Å². The Kier molecular flexibility index (Phi) is 6.04. The van der Waals surface area contributed by atoms with Crippen LogP contribution in [0.3, 0.4) is 0 Å². The van der Waals surface area contributed by atoms with E-state index >= 15 is 0 Å². The molecule has 0 saturated heterocycles. The summed E-state index contributed by atoms with van der Waals surface area (Å²) in [6.45, 7) is 2.74. The van der Waals surface area contributed by atoms with Crippen LogP contribution in [0.1, 0.15) is 31.2 Å². The molecule has 6 nitrogen and oxygen atoms in total. The van der Waals surface area contributed by atoms with E-state index in [4.69, 9.17) is 21.4 Å². The fourth-order valence-electron chi connectivity index (χ4n) is 3.31. The summed E-state index contributed by atoms with van der Waals surface area (Å²) in [5, 5.41) is 12.6. The van der Waals surface area contributed by atoms with E-state index in [2.05, 4.69) is 10.2 Å². The number of carboxylic acids is 1. The third-order valence-corrected chi connectivity index (χ3v) is 5.51. The van der Waals surface area contributed by atoms with Gasteiger partial charge in [0.15, 0.2) is 6.61 Å². The molecule has 0 spiro atoms. The van der Waals surface area contributed by atoms with Crippen LogP contribution < -0.4 is 10.1 Å². The lowest BCUT2D eigenvalue weighted by Gasteiger charge is -2.42. The normalized spacial score (nSPS) is 22.0. The van der Waals surface area contributed by atoms with Crippen molar-refractivity contribution in [2.75, 3.05) is 19.7 Å². The van der Waals surface area contributed by atoms with Crippen LogP contribution in [-0.2, 0) is 9.59 Å². The summed E-state index contributed by atoms with van der Waals surface area (Å²) in [4.78, 5) is 25.2. The molecule has 0 bridgehead atoms. The van der Waals surface area contributed by atoms with Crippen molar-refractivity contribution in [2.45, 2.75) is 44.7 Å². The lowest BCUT2D eigenvalue weighted by Crippen LogP contribution is -2.55. The monoisotopic (exact) mass is 380 g/mol. The molecule has 2 N–H and O–H groups in total. The number of halogens is 1. The van der Waals surface area contributed by atoms with E-state index in [-0.39, 0.29) is 31.1 Å². The molecule has 142 valence electrons. The van der Waals surface area contributed by atoms with E-state index in [1.165, 1.54) is 12.8 Å². The molecule has 2 saturated carbocycles. The van der Waals surface area contributed by atoms with E-state index in [1.54, 1.807) is 18.2 Å². The minimum Gasteiger partial charge on any atom is -0.483 e. The summed E-state index contributed by atoms with van der Waals surface area (Å²) in [6.07, 6.45) is 3.98. The van der Waals surface area contributed by atoms with Gasteiger partial charge in [0, 0.05) is 29.2 Å². The first kappa shape index (κ1) is 19.0. The van der Waals surface area contributed by atoms with Crippen LogP contribution in [0.5, 0.6) is 5.75 Å². The SMILES string of the molecule is Cc1c(Cl)cccc1OCC(=O)NC1CC(N(CC(=O)O)CC2CC2)C1. The van der Waals surface area contributed by atoms with E-state index in [1.807, 2.05) is 6.92 Å². The first-order valence-corrected chi connectivity index (χ1v) is 9.43. The molecule has 1 aromatic carbocycles. The highest BCUT2D eigenvalue weighted by Gasteiger charge is 2.37. The molecule has 3 rings (SSSR count). The standard InChI is InChI=1S/C19H25ClN2O4/c1-12-16(20)3-2-4-17(12)26-11-18(23)21-14-7-15(8-14)22(10-19(24)25)9-13-5-6-13/h2-4,13-15H,5-11H2,1H3,(H,21,23)(H,24,25). The predicted molar refractivity (Wildman–Crippen MR) is 98.6 cm³/mol. The lowest BCUT2D eigenvalue weighted by molar-refractivity contribution is -0.140. The molecule has 7 heteroatoms. The third-order valence-electron chi connectivity index (χ3n) is 5.10. The largest absolute Gasteiger partial charge is 0.483 e. The number of rotatable bonds is 9. The second-order valence-electron chi connectivity index (χ2n) is 7.31. The highest BCUT2D eigenvalue weighted by molar-refractivity contribution is 6.31. The maximum absolute atomic E-state index is 12.1. The Balaban J connectivity index is 1.40. The number of amides is 1. The Hall–Kier alpha value is -1.79. The number of benzene rings is 1. The number of ether oxygens (including phenoxy) is 1. The Labute approximate surface area is 158 Å². The van der Waals surface area contributed by atoms with Crippen LogP contribution in [-0.4, -0.2) is 53.7 Å². The molecule has 0 atom stereocenters. The summed E-state index contributed by atoms with van der Waals surface area (Å²) < 4.78 is 5.55. The van der Waals surface area contributed by atoms with Gasteiger partial charge in [0.1, 0.15) is 5.75 Å². The molecule has 1 aromatic rings. The smallest absolute Gasteiger partial charge is 0.317 e. The van der Waals surface area contributed by atoms with Gasteiger partial charge in [0.2, 0.25) is 0 Å². The molecule has 0 aliphatic heterocycles. The highest BCUT2D eigenvalue weighted by Crippen LogP contribution is 2.33. The van der Waals surface area contributed by atoms with Crippen molar-refractivity contribution in [3.05, 3.63) is 28.8 Å². The van der Waals surface area contributed by atoms with Crippen molar-refractivity contribution < 1.29 is 19.4 Å². The third kappa shape index (κ3) is 5.11. The van der Waals surface area contributed by atoms with Crippen molar-refractivity contribution in [3.8, 4) is 5.75 Å². The summed E-state index contributed by atoms with van der Waals surface area (Å²) >= 11 is 6.04. The van der Waals surface area contributed by atoms with Crippen molar-refractivity contribution in [3.63, 3.8) is 0 Å². The van der Waals surface area contributed by atoms with E-state index in [0.717, 1.165) is 24.9 Å². The summed E-state index contributed by atoms with van der Waals surface area (Å²) in [5.74, 6) is 0.303. The summed E-state index contributed by atoms with van der Waals surface area (Å²) in [6, 6.07) is 5.69. The average Bonchev–Trinajstić information content (AvgIpc) is 3.35. The zero-order valence-electron chi connectivity index (χ0n) is 14.9. The molecule has 0 radical (unpaired) electrons. The van der Waals surface area contributed by atoms with Gasteiger partial charge in [-0.15, -0.1) is 0 Å². The summed E-state index contributed by atoms with van der Waals surface area (Å²) in [5.41, 5.74) is 0.815. The van der Waals surface area contributed by atoms with E-state index in [0.29, 0.717) is 16.7 Å². The van der Waals surface area contributed by atoms with Crippen molar-refractivity contribution in [1.29, 1.82) is 0 Å². The molecule has 0 aromatic heterocycles. The fourth-order valence-corrected chi connectivity index (χ4v) is 3.47. The minimum atomic E-state index is -0.788. The van der Waals surface area contributed by atoms with Crippen molar-refractivity contribution in [1.82, 2.24) is 10.2 Å². The van der Waals surface area contributed by atoms with Crippen molar-refractivity contribution in [2.24, 2.45) is 5.92 Å². The zero-order chi connectivity index (χ0) is 18.7. The van der Waals surface area contributed by atoms with Gasteiger partial charge in [-0.25, -0.2) is 0 Å². The number of carboxylic acid groups (broad SMARTS) is 1. The second-order valence-corrected chi connectivity index (χ2v) is 7.72. The van der Waals surface area contributed by atoms with Gasteiger partial charge >= 0.3 is 5.97 Å². The maximum atomic E-state index is 12.1. The minimum absolute atomic E-state index is 0.0523. The van der Waals surface area contributed by atoms with E-state index in [9.17, 15) is 9.59 Å². The number of hydrogen-bond acceptors (Lipinski definition) is 4. The van der Waals surface area contributed by atoms with Crippen LogP contribution >= 0.6 is 11.6 Å². The number of hydrogen-bond donors (Lipinski definition) is 2. The first-order valence-electron chi connectivity index (χ1n) is 9.05. The van der Waals surface area contributed by atoms with Crippen LogP contribution in [0.25, 0.3) is 0 Å². The molecule has 2 fully saturated rings. The topological polar surface area (TPSA) is 78.9 Å². The van der Waals surface area contributed by atoms with Gasteiger partial charge in [-0.2, -0.15) is 0 Å². The van der Waals surface area contributed by atoms with Gasteiger partial charge in [0.05, 0.1) is 6.54 Å². The fraction of sp³-hybridized carbons (Fsp3) is 0.579. The molecule has 0 heterocycles.